The van der Waals surface area contributed by atoms with Crippen LogP contribution in [-0.2, 0) is 11.3 Å². The topological polar surface area (TPSA) is 64.1 Å². The summed E-state index contributed by atoms with van der Waals surface area (Å²) in [5.41, 5.74) is 0.636. The third-order valence-electron chi connectivity index (χ3n) is 1.82. The number of unbranched alkanes of at least 4 members (excludes halogenated alkanes) is 1. The summed E-state index contributed by atoms with van der Waals surface area (Å²) in [6.45, 7) is 2.76. The molecule has 6 heteroatoms. The van der Waals surface area contributed by atoms with E-state index in [0.29, 0.717) is 17.5 Å². The Balaban J connectivity index is 2.23. The van der Waals surface area contributed by atoms with Crippen molar-refractivity contribution in [1.29, 1.82) is 0 Å². The zero-order chi connectivity index (χ0) is 11.8. The summed E-state index contributed by atoms with van der Waals surface area (Å²) in [5.74, 6) is 0. The van der Waals surface area contributed by atoms with E-state index in [4.69, 9.17) is 16.3 Å². The molecule has 88 valence electrons. The van der Waals surface area contributed by atoms with Crippen molar-refractivity contribution in [3.8, 4) is 0 Å². The maximum absolute atomic E-state index is 11.2. The SMILES string of the molecule is CCCCOC(=O)NCc1cnc(Cl)cn1. The molecule has 0 atom stereocenters. The van der Waals surface area contributed by atoms with E-state index in [9.17, 15) is 4.79 Å². The third-order valence-corrected chi connectivity index (χ3v) is 2.01. The van der Waals surface area contributed by atoms with E-state index in [1.807, 2.05) is 6.92 Å². The predicted molar refractivity (Wildman–Crippen MR) is 60.1 cm³/mol. The second-order valence-corrected chi connectivity index (χ2v) is 3.56. The Morgan fingerprint density at radius 2 is 2.31 bits per heavy atom. The van der Waals surface area contributed by atoms with Crippen molar-refractivity contribution in [1.82, 2.24) is 15.3 Å². The van der Waals surface area contributed by atoms with Gasteiger partial charge in [0.25, 0.3) is 0 Å². The van der Waals surface area contributed by atoms with Crippen molar-refractivity contribution in [2.24, 2.45) is 0 Å². The first kappa shape index (κ1) is 12.7. The van der Waals surface area contributed by atoms with Crippen LogP contribution in [0.15, 0.2) is 12.4 Å². The van der Waals surface area contributed by atoms with Gasteiger partial charge in [-0.15, -0.1) is 0 Å². The molecular weight excluding hydrogens is 230 g/mol. The van der Waals surface area contributed by atoms with E-state index in [0.717, 1.165) is 12.8 Å². The Bertz CT molecular complexity index is 329. The van der Waals surface area contributed by atoms with Gasteiger partial charge in [0.15, 0.2) is 0 Å². The summed E-state index contributed by atoms with van der Waals surface area (Å²) in [5, 5.41) is 2.90. The molecule has 0 unspecified atom stereocenters. The van der Waals surface area contributed by atoms with Crippen LogP contribution in [0.3, 0.4) is 0 Å². The van der Waals surface area contributed by atoms with E-state index in [2.05, 4.69) is 15.3 Å². The van der Waals surface area contributed by atoms with Crippen LogP contribution in [0.5, 0.6) is 0 Å². The van der Waals surface area contributed by atoms with Gasteiger partial charge in [-0.3, -0.25) is 4.98 Å². The zero-order valence-electron chi connectivity index (χ0n) is 9.07. The summed E-state index contributed by atoms with van der Waals surface area (Å²) < 4.78 is 4.90. The number of amides is 1. The van der Waals surface area contributed by atoms with Gasteiger partial charge in [0, 0.05) is 0 Å². The molecule has 1 amide bonds. The van der Waals surface area contributed by atoms with Gasteiger partial charge >= 0.3 is 6.09 Å². The second kappa shape index (κ2) is 7.00. The van der Waals surface area contributed by atoms with Crippen LogP contribution in [0, 0.1) is 0 Å². The maximum atomic E-state index is 11.2. The predicted octanol–water partition coefficient (Wildman–Crippen LogP) is 2.16. The molecule has 0 saturated carbocycles. The average Bonchev–Trinajstić information content (AvgIpc) is 2.29. The van der Waals surface area contributed by atoms with Gasteiger partial charge in [-0.25, -0.2) is 9.78 Å². The lowest BCUT2D eigenvalue weighted by Crippen LogP contribution is -2.24. The van der Waals surface area contributed by atoms with Gasteiger partial charge in [-0.2, -0.15) is 0 Å². The zero-order valence-corrected chi connectivity index (χ0v) is 9.83. The van der Waals surface area contributed by atoms with E-state index in [1.165, 1.54) is 12.4 Å². The Hall–Kier alpha value is -1.36. The van der Waals surface area contributed by atoms with Crippen molar-refractivity contribution in [2.45, 2.75) is 26.3 Å². The average molecular weight is 244 g/mol. The summed E-state index contributed by atoms with van der Waals surface area (Å²) in [6, 6.07) is 0. The Morgan fingerprint density at radius 3 is 2.94 bits per heavy atom. The number of rotatable bonds is 5. The number of halogens is 1. The quantitative estimate of drug-likeness (QED) is 0.805. The fraction of sp³-hybridized carbons (Fsp3) is 0.500. The lowest BCUT2D eigenvalue weighted by atomic mass is 10.4. The van der Waals surface area contributed by atoms with E-state index < -0.39 is 6.09 Å². The maximum Gasteiger partial charge on any atom is 0.407 e. The first-order valence-electron chi connectivity index (χ1n) is 5.09. The molecule has 0 aromatic carbocycles. The number of carbonyl (C=O) groups is 1. The Kier molecular flexibility index (Phi) is 5.56. The number of alkyl carbamates (subject to hydrolysis) is 1. The van der Waals surface area contributed by atoms with Gasteiger partial charge in [0.1, 0.15) is 5.15 Å². The van der Waals surface area contributed by atoms with Crippen LogP contribution in [0.25, 0.3) is 0 Å². The summed E-state index contributed by atoms with van der Waals surface area (Å²) in [4.78, 5) is 19.0. The van der Waals surface area contributed by atoms with Gasteiger partial charge < -0.3 is 10.1 Å². The van der Waals surface area contributed by atoms with Gasteiger partial charge in [-0.05, 0) is 6.42 Å². The first-order chi connectivity index (χ1) is 7.72. The minimum atomic E-state index is -0.440. The standard InChI is InChI=1S/C10H14ClN3O2/c1-2-3-4-16-10(15)14-6-8-5-13-9(11)7-12-8/h5,7H,2-4,6H2,1H3,(H,14,15). The van der Waals surface area contributed by atoms with E-state index in [1.54, 1.807) is 0 Å². The molecule has 5 nitrogen and oxygen atoms in total. The molecule has 0 radical (unpaired) electrons. The summed E-state index contributed by atoms with van der Waals surface area (Å²) in [7, 11) is 0. The molecule has 1 aromatic heterocycles. The molecule has 0 bridgehead atoms. The van der Waals surface area contributed by atoms with Gasteiger partial charge in [0.2, 0.25) is 0 Å². The number of ether oxygens (including phenoxy) is 1. The fourth-order valence-corrected chi connectivity index (χ4v) is 1.05. The fourth-order valence-electron chi connectivity index (χ4n) is 0.953. The van der Waals surface area contributed by atoms with Gasteiger partial charge in [-0.1, -0.05) is 24.9 Å². The van der Waals surface area contributed by atoms with E-state index >= 15 is 0 Å². The number of hydrogen-bond acceptors (Lipinski definition) is 4. The summed E-state index contributed by atoms with van der Waals surface area (Å²) >= 11 is 5.57. The highest BCUT2D eigenvalue weighted by molar-refractivity contribution is 6.29. The first-order valence-corrected chi connectivity index (χ1v) is 5.47. The number of hydrogen-bond donors (Lipinski definition) is 1. The van der Waals surface area contributed by atoms with Crippen LogP contribution < -0.4 is 5.32 Å². The van der Waals surface area contributed by atoms with Crippen molar-refractivity contribution in [2.75, 3.05) is 6.61 Å². The molecule has 0 fully saturated rings. The largest absolute Gasteiger partial charge is 0.450 e. The minimum absolute atomic E-state index is 0.287. The second-order valence-electron chi connectivity index (χ2n) is 3.17. The summed E-state index contributed by atoms with van der Waals surface area (Å²) in [6.07, 6.45) is 4.37. The van der Waals surface area contributed by atoms with Crippen molar-refractivity contribution < 1.29 is 9.53 Å². The molecule has 1 rings (SSSR count). The van der Waals surface area contributed by atoms with Crippen LogP contribution in [0.4, 0.5) is 4.79 Å². The molecule has 0 saturated heterocycles. The molecule has 1 heterocycles. The number of aromatic nitrogens is 2. The normalized spacial score (nSPS) is 9.88. The Morgan fingerprint density at radius 1 is 1.50 bits per heavy atom. The molecular formula is C10H14ClN3O2. The van der Waals surface area contributed by atoms with Crippen LogP contribution in [-0.4, -0.2) is 22.7 Å². The smallest absolute Gasteiger partial charge is 0.407 e. The highest BCUT2D eigenvalue weighted by atomic mass is 35.5. The van der Waals surface area contributed by atoms with Crippen molar-refractivity contribution in [3.05, 3.63) is 23.2 Å². The van der Waals surface area contributed by atoms with Crippen LogP contribution in [0.2, 0.25) is 5.15 Å². The molecule has 0 spiro atoms. The number of carbonyl (C=O) groups excluding carboxylic acids is 1. The lowest BCUT2D eigenvalue weighted by molar-refractivity contribution is 0.144. The molecule has 0 aliphatic carbocycles. The van der Waals surface area contributed by atoms with Crippen molar-refractivity contribution >= 4 is 17.7 Å². The number of nitrogens with one attached hydrogen (secondary N) is 1. The number of nitrogens with zero attached hydrogens (tertiary/aromatic N) is 2. The minimum Gasteiger partial charge on any atom is -0.450 e. The Labute approximate surface area is 99.2 Å². The van der Waals surface area contributed by atoms with Gasteiger partial charge in [0.05, 0.1) is 31.2 Å². The molecule has 0 aliphatic rings. The molecule has 16 heavy (non-hydrogen) atoms. The molecule has 1 N–H and O–H groups in total. The monoisotopic (exact) mass is 243 g/mol. The molecule has 0 aliphatic heterocycles. The molecule has 1 aromatic rings. The third kappa shape index (κ3) is 4.93. The highest BCUT2D eigenvalue weighted by Gasteiger charge is 2.02. The van der Waals surface area contributed by atoms with Crippen molar-refractivity contribution in [3.63, 3.8) is 0 Å². The highest BCUT2D eigenvalue weighted by Crippen LogP contribution is 2.00. The van der Waals surface area contributed by atoms with E-state index in [-0.39, 0.29) is 6.54 Å². The lowest BCUT2D eigenvalue weighted by Gasteiger charge is -2.05. The van der Waals surface area contributed by atoms with Crippen LogP contribution in [0.1, 0.15) is 25.5 Å². The van der Waals surface area contributed by atoms with Crippen LogP contribution >= 0.6 is 11.6 Å².